The Hall–Kier alpha value is -2.08. The lowest BCUT2D eigenvalue weighted by molar-refractivity contribution is 0.0884. The van der Waals surface area contributed by atoms with Gasteiger partial charge >= 0.3 is 0 Å². The Balaban J connectivity index is 1.82. The van der Waals surface area contributed by atoms with Gasteiger partial charge in [0.1, 0.15) is 4.70 Å². The van der Waals surface area contributed by atoms with Crippen LogP contribution in [0.15, 0.2) is 23.4 Å². The van der Waals surface area contributed by atoms with Gasteiger partial charge in [0, 0.05) is 17.4 Å². The number of hydrogen-bond donors (Lipinski definition) is 2. The first kappa shape index (κ1) is 21.6. The average Bonchev–Trinajstić information content (AvgIpc) is 3.13. The van der Waals surface area contributed by atoms with Gasteiger partial charge in [0.05, 0.1) is 26.9 Å². The number of benzene rings is 1. The minimum Gasteiger partial charge on any atom is -0.473 e. The molecule has 29 heavy (non-hydrogen) atoms. The number of methoxy groups -OCH3 is 1. The molecule has 0 aliphatic rings. The first-order valence-electron chi connectivity index (χ1n) is 8.75. The monoisotopic (exact) mass is 442 g/mol. The van der Waals surface area contributed by atoms with Crippen LogP contribution in [0.1, 0.15) is 12.5 Å². The Labute approximate surface area is 174 Å². The van der Waals surface area contributed by atoms with Crippen molar-refractivity contribution in [2.24, 2.45) is 0 Å². The van der Waals surface area contributed by atoms with Crippen molar-refractivity contribution in [3.05, 3.63) is 35.4 Å². The fraction of sp³-hybridized carbons (Fsp3) is 0.389. The van der Waals surface area contributed by atoms with Crippen molar-refractivity contribution in [1.29, 1.82) is 0 Å². The molecule has 2 N–H and O–H groups in total. The van der Waals surface area contributed by atoms with Crippen LogP contribution in [-0.2, 0) is 10.5 Å². The highest BCUT2D eigenvalue weighted by molar-refractivity contribution is 7.98. The molecule has 0 saturated heterocycles. The molecule has 0 radical (unpaired) electrons. The van der Waals surface area contributed by atoms with Crippen LogP contribution < -0.4 is 10.1 Å². The summed E-state index contributed by atoms with van der Waals surface area (Å²) in [5, 5.41) is 12.9. The van der Waals surface area contributed by atoms with E-state index in [0.29, 0.717) is 28.4 Å². The van der Waals surface area contributed by atoms with E-state index < -0.39 is 11.6 Å². The summed E-state index contributed by atoms with van der Waals surface area (Å²) in [5.41, 5.74) is 0.685. The van der Waals surface area contributed by atoms with E-state index in [1.165, 1.54) is 42.3 Å². The summed E-state index contributed by atoms with van der Waals surface area (Å²) in [7, 11) is 1.52. The lowest BCUT2D eigenvalue weighted by atomic mass is 10.2. The number of anilines is 1. The molecule has 2 heterocycles. The van der Waals surface area contributed by atoms with Crippen molar-refractivity contribution in [2.45, 2.75) is 23.9 Å². The summed E-state index contributed by atoms with van der Waals surface area (Å²) < 4.78 is 38.6. The average molecular weight is 443 g/mol. The third-order valence-electron chi connectivity index (χ3n) is 3.76. The standard InChI is InChI=1S/C18H20F2N4O3S2/c1-10(8-27-7-6-25)21-15-14-16(24-18(26-2)29-14)23-17(22-15)28-9-11-4-3-5-12(19)13(11)20/h3-5,10,25H,6-9H2,1-2H3,(H,21,22,23). The maximum Gasteiger partial charge on any atom is 0.275 e. The number of aliphatic hydroxyl groups excluding tert-OH is 1. The molecular weight excluding hydrogens is 422 g/mol. The zero-order valence-electron chi connectivity index (χ0n) is 15.8. The Morgan fingerprint density at radius 3 is 2.86 bits per heavy atom. The molecule has 156 valence electrons. The predicted octanol–water partition coefficient (Wildman–Crippen LogP) is 3.47. The van der Waals surface area contributed by atoms with Gasteiger partial charge in [-0.15, -0.1) is 0 Å². The second-order valence-electron chi connectivity index (χ2n) is 6.04. The molecule has 1 atom stereocenters. The molecule has 3 aromatic rings. The number of ether oxygens (including phenoxy) is 2. The van der Waals surface area contributed by atoms with Crippen LogP contribution in [-0.4, -0.2) is 53.0 Å². The van der Waals surface area contributed by atoms with E-state index in [0.717, 1.165) is 10.8 Å². The zero-order valence-corrected chi connectivity index (χ0v) is 17.4. The molecule has 0 amide bonds. The smallest absolute Gasteiger partial charge is 0.275 e. The van der Waals surface area contributed by atoms with E-state index in [4.69, 9.17) is 14.6 Å². The summed E-state index contributed by atoms with van der Waals surface area (Å²) in [4.78, 5) is 13.2. The molecular formula is C18H20F2N4O3S2. The lowest BCUT2D eigenvalue weighted by Crippen LogP contribution is -2.23. The zero-order chi connectivity index (χ0) is 20.8. The summed E-state index contributed by atoms with van der Waals surface area (Å²) in [6.45, 7) is 2.49. The van der Waals surface area contributed by atoms with Gasteiger partial charge in [-0.2, -0.15) is 4.98 Å². The van der Waals surface area contributed by atoms with Crippen LogP contribution in [0.3, 0.4) is 0 Å². The van der Waals surface area contributed by atoms with Gasteiger partial charge in [0.15, 0.2) is 28.3 Å². The second kappa shape index (κ2) is 10.1. The van der Waals surface area contributed by atoms with E-state index in [1.807, 2.05) is 6.92 Å². The molecule has 1 unspecified atom stereocenters. The maximum absolute atomic E-state index is 13.9. The molecule has 3 rings (SSSR count). The van der Waals surface area contributed by atoms with E-state index in [1.54, 1.807) is 0 Å². The van der Waals surface area contributed by atoms with Crippen molar-refractivity contribution < 1.29 is 23.4 Å². The normalized spacial score (nSPS) is 12.3. The molecule has 0 bridgehead atoms. The Kier molecular flexibility index (Phi) is 7.53. The fourth-order valence-corrected chi connectivity index (χ4v) is 4.02. The largest absolute Gasteiger partial charge is 0.473 e. The number of nitrogens with zero attached hydrogens (tertiary/aromatic N) is 3. The number of nitrogens with one attached hydrogen (secondary N) is 1. The van der Waals surface area contributed by atoms with E-state index >= 15 is 0 Å². The minimum absolute atomic E-state index is 0.0477. The van der Waals surface area contributed by atoms with Crippen LogP contribution in [0.2, 0.25) is 0 Å². The Bertz CT molecular complexity index is 974. The molecule has 2 aromatic heterocycles. The molecule has 0 aliphatic heterocycles. The number of halogens is 2. The van der Waals surface area contributed by atoms with Crippen molar-refractivity contribution in [3.63, 3.8) is 0 Å². The molecule has 0 spiro atoms. The minimum atomic E-state index is -0.886. The second-order valence-corrected chi connectivity index (χ2v) is 7.94. The molecule has 1 aromatic carbocycles. The van der Waals surface area contributed by atoms with Crippen LogP contribution in [0.4, 0.5) is 14.6 Å². The van der Waals surface area contributed by atoms with Gasteiger partial charge in [-0.1, -0.05) is 35.2 Å². The Morgan fingerprint density at radius 1 is 1.28 bits per heavy atom. The predicted molar refractivity (Wildman–Crippen MR) is 109 cm³/mol. The molecule has 7 nitrogen and oxygen atoms in total. The number of aliphatic hydroxyl groups is 1. The van der Waals surface area contributed by atoms with Crippen LogP contribution >= 0.6 is 23.1 Å². The first-order chi connectivity index (χ1) is 14.0. The molecule has 0 fully saturated rings. The number of fused-ring (bicyclic) bond motifs is 1. The number of aromatic nitrogens is 3. The van der Waals surface area contributed by atoms with Gasteiger partial charge in [0.2, 0.25) is 0 Å². The summed E-state index contributed by atoms with van der Waals surface area (Å²) in [6.07, 6.45) is 0. The Morgan fingerprint density at radius 2 is 2.10 bits per heavy atom. The topological polar surface area (TPSA) is 89.4 Å². The molecule has 0 saturated carbocycles. The lowest BCUT2D eigenvalue weighted by Gasteiger charge is -2.15. The molecule has 11 heteroatoms. The highest BCUT2D eigenvalue weighted by Gasteiger charge is 2.17. The first-order valence-corrected chi connectivity index (χ1v) is 10.6. The van der Waals surface area contributed by atoms with Crippen molar-refractivity contribution in [1.82, 2.24) is 15.0 Å². The third-order valence-corrected chi connectivity index (χ3v) is 5.67. The van der Waals surface area contributed by atoms with Gasteiger partial charge in [-0.25, -0.2) is 18.7 Å². The third kappa shape index (κ3) is 5.50. The number of thiazole rings is 1. The van der Waals surface area contributed by atoms with Crippen LogP contribution in [0, 0.1) is 11.6 Å². The van der Waals surface area contributed by atoms with Crippen molar-refractivity contribution in [3.8, 4) is 5.19 Å². The van der Waals surface area contributed by atoms with Crippen molar-refractivity contribution >= 4 is 39.3 Å². The van der Waals surface area contributed by atoms with Gasteiger partial charge in [-0.05, 0) is 13.0 Å². The number of thioether (sulfide) groups is 1. The highest BCUT2D eigenvalue weighted by Crippen LogP contribution is 2.34. The van der Waals surface area contributed by atoms with Crippen LogP contribution in [0.5, 0.6) is 5.19 Å². The number of hydrogen-bond acceptors (Lipinski definition) is 9. The van der Waals surface area contributed by atoms with Crippen LogP contribution in [0.25, 0.3) is 10.3 Å². The van der Waals surface area contributed by atoms with E-state index in [9.17, 15) is 8.78 Å². The highest BCUT2D eigenvalue weighted by atomic mass is 32.2. The SMILES string of the molecule is COc1nc2nc(SCc3cccc(F)c3F)nc(NC(C)COCCO)c2s1. The van der Waals surface area contributed by atoms with Gasteiger partial charge in [0.25, 0.3) is 5.19 Å². The van der Waals surface area contributed by atoms with E-state index in [-0.39, 0.29) is 30.6 Å². The number of rotatable bonds is 10. The summed E-state index contributed by atoms with van der Waals surface area (Å²) in [6, 6.07) is 3.97. The van der Waals surface area contributed by atoms with Crippen molar-refractivity contribution in [2.75, 3.05) is 32.2 Å². The summed E-state index contributed by atoms with van der Waals surface area (Å²) >= 11 is 2.48. The molecule has 0 aliphatic carbocycles. The van der Waals surface area contributed by atoms with Gasteiger partial charge in [-0.3, -0.25) is 0 Å². The summed E-state index contributed by atoms with van der Waals surface area (Å²) in [5.74, 6) is -1.03. The van der Waals surface area contributed by atoms with Gasteiger partial charge < -0.3 is 19.9 Å². The quantitative estimate of drug-likeness (QED) is 0.280. The van der Waals surface area contributed by atoms with E-state index in [2.05, 4.69) is 20.3 Å². The fourth-order valence-electron chi connectivity index (χ4n) is 2.44. The maximum atomic E-state index is 13.9.